The van der Waals surface area contributed by atoms with Crippen LogP contribution in [0.4, 0.5) is 0 Å². The summed E-state index contributed by atoms with van der Waals surface area (Å²) in [5.41, 5.74) is -1.81. The Balaban J connectivity index is 5.65. The first-order valence-electron chi connectivity index (χ1n) is 6.59. The summed E-state index contributed by atoms with van der Waals surface area (Å²) in [5.74, 6) is -0.580. The molecule has 0 aromatic carbocycles. The second-order valence-electron chi connectivity index (χ2n) is 4.53. The molecular weight excluding hydrogens is 276 g/mol. The highest BCUT2D eigenvalue weighted by Crippen LogP contribution is 2.27. The van der Waals surface area contributed by atoms with Gasteiger partial charge in [0, 0.05) is 6.42 Å². The Bertz CT molecular complexity index is 378. The standard InChI is InChI=1S/C15H24O6/c1-4-7-12(18)15(8-5-2,21-9-6-3)14(20)13(19)11(17)10-16/h4-7,11,13-14,16-17,19-20H,2-3,8-10H2,1H3/t11-,13-,14+,15+/m1/s1. The van der Waals surface area contributed by atoms with Crippen LogP contribution in [0.5, 0.6) is 0 Å². The average molecular weight is 300 g/mol. The van der Waals surface area contributed by atoms with Crippen molar-refractivity contribution >= 4 is 5.78 Å². The Kier molecular flexibility index (Phi) is 9.00. The molecule has 0 aromatic heterocycles. The van der Waals surface area contributed by atoms with E-state index in [1.165, 1.54) is 24.3 Å². The predicted molar refractivity (Wildman–Crippen MR) is 78.6 cm³/mol. The van der Waals surface area contributed by atoms with Gasteiger partial charge in [-0.2, -0.15) is 0 Å². The summed E-state index contributed by atoms with van der Waals surface area (Å²) in [4.78, 5) is 12.3. The van der Waals surface area contributed by atoms with Crippen molar-refractivity contribution in [1.29, 1.82) is 0 Å². The van der Waals surface area contributed by atoms with Gasteiger partial charge in [-0.25, -0.2) is 0 Å². The summed E-state index contributed by atoms with van der Waals surface area (Å²) >= 11 is 0. The van der Waals surface area contributed by atoms with Crippen LogP contribution in [0.2, 0.25) is 0 Å². The van der Waals surface area contributed by atoms with E-state index < -0.39 is 36.3 Å². The summed E-state index contributed by atoms with van der Waals surface area (Å²) in [6.07, 6.45) is 0.242. The number of hydrogen-bond acceptors (Lipinski definition) is 6. The monoisotopic (exact) mass is 300 g/mol. The van der Waals surface area contributed by atoms with Gasteiger partial charge in [-0.15, -0.1) is 13.2 Å². The quantitative estimate of drug-likeness (QED) is 0.309. The summed E-state index contributed by atoms with van der Waals surface area (Å²) in [6, 6.07) is 0. The molecule has 0 aliphatic rings. The molecule has 0 amide bonds. The van der Waals surface area contributed by atoms with E-state index in [9.17, 15) is 20.1 Å². The van der Waals surface area contributed by atoms with Crippen LogP contribution in [0, 0.1) is 0 Å². The van der Waals surface area contributed by atoms with Crippen molar-refractivity contribution in [3.8, 4) is 0 Å². The number of carbonyl (C=O) groups is 1. The van der Waals surface area contributed by atoms with Crippen LogP contribution in [0.3, 0.4) is 0 Å². The summed E-state index contributed by atoms with van der Waals surface area (Å²) in [7, 11) is 0. The molecule has 0 saturated heterocycles. The molecule has 0 aliphatic carbocycles. The number of aliphatic hydroxyl groups is 4. The van der Waals surface area contributed by atoms with Crippen molar-refractivity contribution in [2.45, 2.75) is 37.3 Å². The molecule has 0 spiro atoms. The average Bonchev–Trinajstić information content (AvgIpc) is 2.49. The van der Waals surface area contributed by atoms with E-state index in [1.54, 1.807) is 6.92 Å². The van der Waals surface area contributed by atoms with Crippen LogP contribution in [-0.4, -0.2) is 63.3 Å². The number of aliphatic hydroxyl groups excluding tert-OH is 4. The molecule has 0 aromatic rings. The van der Waals surface area contributed by atoms with E-state index in [0.717, 1.165) is 0 Å². The van der Waals surface area contributed by atoms with Gasteiger partial charge >= 0.3 is 0 Å². The minimum Gasteiger partial charge on any atom is -0.394 e. The molecule has 0 heterocycles. The summed E-state index contributed by atoms with van der Waals surface area (Å²) < 4.78 is 5.42. The third-order valence-electron chi connectivity index (χ3n) is 3.02. The number of ketones is 1. The van der Waals surface area contributed by atoms with Gasteiger partial charge in [-0.3, -0.25) is 4.79 Å². The van der Waals surface area contributed by atoms with Crippen LogP contribution in [0.1, 0.15) is 13.3 Å². The minimum absolute atomic E-state index is 0.0455. The molecule has 0 rings (SSSR count). The molecule has 0 aliphatic heterocycles. The lowest BCUT2D eigenvalue weighted by Crippen LogP contribution is -2.59. The van der Waals surface area contributed by atoms with Crippen molar-refractivity contribution in [2.75, 3.05) is 13.2 Å². The zero-order chi connectivity index (χ0) is 16.5. The Labute approximate surface area is 124 Å². The van der Waals surface area contributed by atoms with E-state index in [0.29, 0.717) is 0 Å². The Morgan fingerprint density at radius 1 is 1.29 bits per heavy atom. The molecule has 0 saturated carbocycles. The van der Waals surface area contributed by atoms with Crippen LogP contribution < -0.4 is 0 Å². The predicted octanol–water partition coefficient (Wildman–Crippen LogP) is -0.276. The summed E-state index contributed by atoms with van der Waals surface area (Å²) in [5, 5.41) is 38.5. The maximum absolute atomic E-state index is 12.3. The molecule has 0 fully saturated rings. The van der Waals surface area contributed by atoms with Crippen molar-refractivity contribution in [3.05, 3.63) is 37.5 Å². The van der Waals surface area contributed by atoms with Gasteiger partial charge in [0.15, 0.2) is 11.4 Å². The van der Waals surface area contributed by atoms with Crippen LogP contribution >= 0.6 is 0 Å². The van der Waals surface area contributed by atoms with Crippen molar-refractivity contribution < 1.29 is 30.0 Å². The van der Waals surface area contributed by atoms with Gasteiger partial charge in [0.1, 0.15) is 18.3 Å². The topological polar surface area (TPSA) is 107 Å². The van der Waals surface area contributed by atoms with Crippen LogP contribution in [0.25, 0.3) is 0 Å². The van der Waals surface area contributed by atoms with E-state index in [2.05, 4.69) is 13.2 Å². The van der Waals surface area contributed by atoms with Gasteiger partial charge in [-0.05, 0) is 13.0 Å². The van der Waals surface area contributed by atoms with Crippen molar-refractivity contribution in [3.63, 3.8) is 0 Å². The molecular formula is C15H24O6. The normalized spacial score (nSPS) is 18.7. The first kappa shape index (κ1) is 19.7. The molecule has 0 bridgehead atoms. The van der Waals surface area contributed by atoms with Gasteiger partial charge < -0.3 is 25.2 Å². The summed E-state index contributed by atoms with van der Waals surface area (Å²) in [6.45, 7) is 7.80. The fourth-order valence-corrected chi connectivity index (χ4v) is 1.89. The molecule has 6 heteroatoms. The molecule has 6 nitrogen and oxygen atoms in total. The minimum atomic E-state index is -1.81. The van der Waals surface area contributed by atoms with Crippen LogP contribution in [0.15, 0.2) is 37.5 Å². The van der Waals surface area contributed by atoms with Crippen molar-refractivity contribution in [2.24, 2.45) is 0 Å². The molecule has 21 heavy (non-hydrogen) atoms. The van der Waals surface area contributed by atoms with Gasteiger partial charge in [0.25, 0.3) is 0 Å². The lowest BCUT2D eigenvalue weighted by atomic mass is 9.83. The second kappa shape index (κ2) is 9.59. The van der Waals surface area contributed by atoms with Crippen molar-refractivity contribution in [1.82, 2.24) is 0 Å². The highest BCUT2D eigenvalue weighted by Gasteiger charge is 2.48. The second-order valence-corrected chi connectivity index (χ2v) is 4.53. The fourth-order valence-electron chi connectivity index (χ4n) is 1.89. The van der Waals surface area contributed by atoms with E-state index in [-0.39, 0.29) is 13.0 Å². The maximum atomic E-state index is 12.3. The van der Waals surface area contributed by atoms with Gasteiger partial charge in [-0.1, -0.05) is 18.2 Å². The lowest BCUT2D eigenvalue weighted by molar-refractivity contribution is -0.182. The molecule has 4 N–H and O–H groups in total. The number of hydrogen-bond donors (Lipinski definition) is 4. The number of allylic oxidation sites excluding steroid dienone is 1. The zero-order valence-corrected chi connectivity index (χ0v) is 12.2. The lowest BCUT2D eigenvalue weighted by Gasteiger charge is -2.38. The first-order chi connectivity index (χ1) is 9.91. The molecule has 0 radical (unpaired) electrons. The molecule has 120 valence electrons. The first-order valence-corrected chi connectivity index (χ1v) is 6.59. The highest BCUT2D eigenvalue weighted by atomic mass is 16.5. The van der Waals surface area contributed by atoms with E-state index >= 15 is 0 Å². The molecule has 0 unspecified atom stereocenters. The van der Waals surface area contributed by atoms with Gasteiger partial charge in [0.2, 0.25) is 0 Å². The fraction of sp³-hybridized carbons (Fsp3) is 0.533. The number of rotatable bonds is 11. The number of ether oxygens (including phenoxy) is 1. The molecule has 4 atom stereocenters. The Hall–Kier alpha value is -1.31. The van der Waals surface area contributed by atoms with Gasteiger partial charge in [0.05, 0.1) is 13.2 Å². The Morgan fingerprint density at radius 2 is 1.90 bits per heavy atom. The SMILES string of the molecule is C=CCO[C@@](CC=C)(C(=O)C=CC)[C@@H](O)[C@H](O)[C@H](O)CO. The number of carbonyl (C=O) groups excluding carboxylic acids is 1. The van der Waals surface area contributed by atoms with E-state index in [4.69, 9.17) is 9.84 Å². The third kappa shape index (κ3) is 4.87. The van der Waals surface area contributed by atoms with Crippen LogP contribution in [-0.2, 0) is 9.53 Å². The van der Waals surface area contributed by atoms with E-state index in [1.807, 2.05) is 0 Å². The zero-order valence-electron chi connectivity index (χ0n) is 12.2. The maximum Gasteiger partial charge on any atom is 0.190 e. The Morgan fingerprint density at radius 3 is 2.33 bits per heavy atom. The third-order valence-corrected chi connectivity index (χ3v) is 3.02. The largest absolute Gasteiger partial charge is 0.394 e. The highest BCUT2D eigenvalue weighted by molar-refractivity contribution is 5.97. The smallest absolute Gasteiger partial charge is 0.190 e.